The molecular formula is C18H20N4O3S. The summed E-state index contributed by atoms with van der Waals surface area (Å²) in [6, 6.07) is 5.57. The van der Waals surface area contributed by atoms with E-state index in [9.17, 15) is 14.4 Å². The average molecular weight is 372 g/mol. The standard InChI is InChI=1S/C18H20N4O3S/c1-4-26-18-21-15-14(17(25)22-18)12(8-13(23)20-15)16(24)19-11-6-5-9(2)10(3)7-11/h5-7,12H,4,8H2,1-3H3,(H,19,24)(H2,20,21,22,23,25)/t12-/m1/s1. The second kappa shape index (κ2) is 7.33. The summed E-state index contributed by atoms with van der Waals surface area (Å²) in [6.45, 7) is 5.87. The summed E-state index contributed by atoms with van der Waals surface area (Å²) in [6.07, 6.45) is -0.0886. The van der Waals surface area contributed by atoms with E-state index in [1.807, 2.05) is 32.9 Å². The molecule has 0 saturated carbocycles. The molecule has 0 bridgehead atoms. The molecule has 0 saturated heterocycles. The van der Waals surface area contributed by atoms with Crippen LogP contribution in [-0.4, -0.2) is 27.5 Å². The summed E-state index contributed by atoms with van der Waals surface area (Å²) < 4.78 is 0. The number of rotatable bonds is 4. The van der Waals surface area contributed by atoms with Gasteiger partial charge in [-0.3, -0.25) is 14.4 Å². The van der Waals surface area contributed by atoms with Crippen LogP contribution in [0.15, 0.2) is 28.2 Å². The van der Waals surface area contributed by atoms with Crippen LogP contribution in [0.2, 0.25) is 0 Å². The maximum Gasteiger partial charge on any atom is 0.257 e. The van der Waals surface area contributed by atoms with Gasteiger partial charge in [-0.1, -0.05) is 24.8 Å². The molecule has 1 aliphatic heterocycles. The van der Waals surface area contributed by atoms with E-state index in [2.05, 4.69) is 20.6 Å². The molecule has 1 aromatic carbocycles. The topological polar surface area (TPSA) is 104 Å². The number of thioether (sulfide) groups is 1. The summed E-state index contributed by atoms with van der Waals surface area (Å²) in [4.78, 5) is 44.2. The van der Waals surface area contributed by atoms with E-state index in [1.54, 1.807) is 6.07 Å². The Labute approximate surface area is 155 Å². The predicted molar refractivity (Wildman–Crippen MR) is 102 cm³/mol. The van der Waals surface area contributed by atoms with E-state index in [0.29, 0.717) is 10.8 Å². The first-order valence-corrected chi connectivity index (χ1v) is 9.32. The number of nitrogens with one attached hydrogen (secondary N) is 3. The van der Waals surface area contributed by atoms with E-state index < -0.39 is 17.4 Å². The first-order valence-electron chi connectivity index (χ1n) is 8.34. The molecule has 1 atom stereocenters. The zero-order valence-corrected chi connectivity index (χ0v) is 15.6. The Kier molecular flexibility index (Phi) is 5.13. The van der Waals surface area contributed by atoms with E-state index in [1.165, 1.54) is 11.8 Å². The number of aromatic nitrogens is 2. The van der Waals surface area contributed by atoms with Crippen LogP contribution < -0.4 is 16.2 Å². The van der Waals surface area contributed by atoms with Crippen molar-refractivity contribution in [1.29, 1.82) is 0 Å². The number of carbonyl (C=O) groups excluding carboxylic acids is 2. The fourth-order valence-electron chi connectivity index (χ4n) is 2.83. The fraction of sp³-hybridized carbons (Fsp3) is 0.333. The largest absolute Gasteiger partial charge is 0.326 e. The van der Waals surface area contributed by atoms with Gasteiger partial charge in [-0.25, -0.2) is 4.98 Å². The van der Waals surface area contributed by atoms with Crippen LogP contribution >= 0.6 is 11.8 Å². The molecule has 3 N–H and O–H groups in total. The molecule has 26 heavy (non-hydrogen) atoms. The second-order valence-electron chi connectivity index (χ2n) is 6.16. The molecule has 0 radical (unpaired) electrons. The van der Waals surface area contributed by atoms with Gasteiger partial charge in [0.05, 0.1) is 11.5 Å². The number of benzene rings is 1. The van der Waals surface area contributed by atoms with Crippen molar-refractivity contribution in [2.24, 2.45) is 0 Å². The molecule has 7 nitrogen and oxygen atoms in total. The van der Waals surface area contributed by atoms with Crippen LogP contribution in [-0.2, 0) is 9.59 Å². The molecule has 0 unspecified atom stereocenters. The average Bonchev–Trinajstić information content (AvgIpc) is 2.57. The maximum absolute atomic E-state index is 12.8. The molecule has 136 valence electrons. The molecule has 1 aliphatic rings. The van der Waals surface area contributed by atoms with Crippen LogP contribution in [0, 0.1) is 13.8 Å². The van der Waals surface area contributed by atoms with Gasteiger partial charge >= 0.3 is 0 Å². The number of nitrogens with zero attached hydrogens (tertiary/aromatic N) is 1. The van der Waals surface area contributed by atoms with Gasteiger partial charge in [-0.05, 0) is 42.9 Å². The van der Waals surface area contributed by atoms with Crippen LogP contribution in [0.25, 0.3) is 0 Å². The van der Waals surface area contributed by atoms with Gasteiger partial charge in [0, 0.05) is 12.1 Å². The van der Waals surface area contributed by atoms with Crippen LogP contribution in [0.3, 0.4) is 0 Å². The summed E-state index contributed by atoms with van der Waals surface area (Å²) in [5.41, 5.74) is 2.60. The number of carbonyl (C=O) groups is 2. The van der Waals surface area contributed by atoms with Crippen molar-refractivity contribution >= 4 is 35.1 Å². The molecule has 2 amide bonds. The number of anilines is 2. The highest BCUT2D eigenvalue weighted by Gasteiger charge is 2.34. The molecule has 8 heteroatoms. The lowest BCUT2D eigenvalue weighted by Crippen LogP contribution is -2.36. The highest BCUT2D eigenvalue weighted by Crippen LogP contribution is 2.30. The van der Waals surface area contributed by atoms with Gasteiger partial charge in [0.25, 0.3) is 5.56 Å². The lowest BCUT2D eigenvalue weighted by molar-refractivity contribution is -0.123. The van der Waals surface area contributed by atoms with E-state index in [4.69, 9.17) is 0 Å². The Morgan fingerprint density at radius 1 is 1.31 bits per heavy atom. The fourth-order valence-corrected chi connectivity index (χ4v) is 3.42. The van der Waals surface area contributed by atoms with Crippen LogP contribution in [0.5, 0.6) is 0 Å². The number of hydrogen-bond donors (Lipinski definition) is 3. The number of fused-ring (bicyclic) bond motifs is 1. The third-order valence-electron chi connectivity index (χ3n) is 4.30. The third-order valence-corrected chi connectivity index (χ3v) is 5.06. The minimum atomic E-state index is -0.878. The number of hydrogen-bond acceptors (Lipinski definition) is 5. The van der Waals surface area contributed by atoms with E-state index in [-0.39, 0.29) is 23.7 Å². The Balaban J connectivity index is 1.93. The third kappa shape index (κ3) is 3.65. The predicted octanol–water partition coefficient (Wildman–Crippen LogP) is 2.56. The quantitative estimate of drug-likeness (QED) is 0.565. The van der Waals surface area contributed by atoms with Crippen molar-refractivity contribution in [2.75, 3.05) is 16.4 Å². The summed E-state index contributed by atoms with van der Waals surface area (Å²) in [7, 11) is 0. The number of H-pyrrole nitrogens is 1. The highest BCUT2D eigenvalue weighted by molar-refractivity contribution is 7.99. The van der Waals surface area contributed by atoms with E-state index in [0.717, 1.165) is 16.9 Å². The van der Waals surface area contributed by atoms with Gasteiger partial charge in [0.15, 0.2) is 5.16 Å². The van der Waals surface area contributed by atoms with Crippen molar-refractivity contribution in [3.05, 3.63) is 45.2 Å². The van der Waals surface area contributed by atoms with E-state index >= 15 is 0 Å². The summed E-state index contributed by atoms with van der Waals surface area (Å²) in [5.74, 6) is -0.707. The number of aryl methyl sites for hydroxylation is 2. The minimum absolute atomic E-state index is 0.0886. The number of aromatic amines is 1. The van der Waals surface area contributed by atoms with Crippen molar-refractivity contribution in [3.63, 3.8) is 0 Å². The molecule has 2 aromatic rings. The second-order valence-corrected chi connectivity index (χ2v) is 7.41. The highest BCUT2D eigenvalue weighted by atomic mass is 32.2. The summed E-state index contributed by atoms with van der Waals surface area (Å²) >= 11 is 1.36. The zero-order chi connectivity index (χ0) is 18.8. The normalized spacial score (nSPS) is 16.0. The van der Waals surface area contributed by atoms with Crippen LogP contribution in [0.4, 0.5) is 11.5 Å². The lowest BCUT2D eigenvalue weighted by Gasteiger charge is -2.23. The Morgan fingerprint density at radius 3 is 2.77 bits per heavy atom. The van der Waals surface area contributed by atoms with Gasteiger partial charge < -0.3 is 15.6 Å². The van der Waals surface area contributed by atoms with Gasteiger partial charge in [-0.2, -0.15) is 0 Å². The van der Waals surface area contributed by atoms with Crippen molar-refractivity contribution < 1.29 is 9.59 Å². The maximum atomic E-state index is 12.8. The molecule has 0 spiro atoms. The van der Waals surface area contributed by atoms with Crippen molar-refractivity contribution in [1.82, 2.24) is 9.97 Å². The van der Waals surface area contributed by atoms with Gasteiger partial charge in [0.1, 0.15) is 5.82 Å². The SMILES string of the molecule is CCSc1nc2c(c(=O)[nH]1)[C@H](C(=O)Nc1ccc(C)c(C)c1)CC(=O)N2. The molecule has 2 heterocycles. The molecule has 0 fully saturated rings. The smallest absolute Gasteiger partial charge is 0.257 e. The van der Waals surface area contributed by atoms with Crippen molar-refractivity contribution in [2.45, 2.75) is 38.3 Å². The van der Waals surface area contributed by atoms with Gasteiger partial charge in [0.2, 0.25) is 11.8 Å². The van der Waals surface area contributed by atoms with Crippen molar-refractivity contribution in [3.8, 4) is 0 Å². The van der Waals surface area contributed by atoms with Gasteiger partial charge in [-0.15, -0.1) is 0 Å². The Hall–Kier alpha value is -2.61. The zero-order valence-electron chi connectivity index (χ0n) is 14.8. The molecule has 0 aliphatic carbocycles. The molecule has 3 rings (SSSR count). The Bertz CT molecular complexity index is 939. The molecular weight excluding hydrogens is 352 g/mol. The first kappa shape index (κ1) is 18.2. The number of amides is 2. The Morgan fingerprint density at radius 2 is 2.08 bits per heavy atom. The minimum Gasteiger partial charge on any atom is -0.326 e. The lowest BCUT2D eigenvalue weighted by atomic mass is 9.92. The molecule has 1 aromatic heterocycles. The van der Waals surface area contributed by atoms with Crippen LogP contribution in [0.1, 0.15) is 36.0 Å². The monoisotopic (exact) mass is 372 g/mol. The first-order chi connectivity index (χ1) is 12.4. The summed E-state index contributed by atoms with van der Waals surface area (Å²) in [5, 5.41) is 5.83.